The highest BCUT2D eigenvalue weighted by Crippen LogP contribution is 2.28. The molecule has 0 radical (unpaired) electrons. The summed E-state index contributed by atoms with van der Waals surface area (Å²) < 4.78 is 10.4. The molecule has 1 N–H and O–H groups in total. The molecule has 1 unspecified atom stereocenters. The molecule has 2 rings (SSSR count). The molecule has 1 aliphatic rings. The number of hydrogen-bond donors (Lipinski definition) is 1. The maximum atomic E-state index is 5.40. The molecular formula is C14H21NO2S. The molecule has 1 atom stereocenters. The number of ether oxygens (including phenoxy) is 2. The molecule has 1 saturated heterocycles. The highest BCUT2D eigenvalue weighted by Gasteiger charge is 2.16. The first kappa shape index (κ1) is 13.9. The van der Waals surface area contributed by atoms with Crippen LogP contribution in [0.2, 0.25) is 0 Å². The maximum Gasteiger partial charge on any atom is 0.0589 e. The third kappa shape index (κ3) is 4.61. The van der Waals surface area contributed by atoms with Crippen molar-refractivity contribution in [2.24, 2.45) is 0 Å². The van der Waals surface area contributed by atoms with Gasteiger partial charge in [-0.1, -0.05) is 12.1 Å². The van der Waals surface area contributed by atoms with Crippen LogP contribution in [0, 0.1) is 0 Å². The fourth-order valence-corrected chi connectivity index (χ4v) is 3.07. The Labute approximate surface area is 113 Å². The zero-order chi connectivity index (χ0) is 12.6. The van der Waals surface area contributed by atoms with E-state index in [9.17, 15) is 0 Å². The Balaban J connectivity index is 1.80. The minimum atomic E-state index is 0.627. The normalized spacial score (nSPS) is 19.3. The van der Waals surface area contributed by atoms with E-state index in [1.165, 1.54) is 16.9 Å². The molecular weight excluding hydrogens is 246 g/mol. The van der Waals surface area contributed by atoms with Crippen LogP contribution in [0.3, 0.4) is 0 Å². The zero-order valence-corrected chi connectivity index (χ0v) is 11.7. The summed E-state index contributed by atoms with van der Waals surface area (Å²) in [5.74, 6) is 0. The van der Waals surface area contributed by atoms with Crippen molar-refractivity contribution >= 4 is 11.8 Å². The number of rotatable bonds is 7. The zero-order valence-electron chi connectivity index (χ0n) is 10.9. The number of methoxy groups -OCH3 is 1. The molecule has 0 aromatic heterocycles. The second-order valence-corrected chi connectivity index (χ2v) is 5.79. The quantitative estimate of drug-likeness (QED) is 0.768. The Morgan fingerprint density at radius 2 is 2.44 bits per heavy atom. The maximum absolute atomic E-state index is 5.40. The Morgan fingerprint density at radius 1 is 1.50 bits per heavy atom. The Kier molecular flexibility index (Phi) is 6.00. The third-order valence-corrected chi connectivity index (χ3v) is 4.13. The summed E-state index contributed by atoms with van der Waals surface area (Å²) >= 11 is 1.93. The van der Waals surface area contributed by atoms with Gasteiger partial charge in [-0.15, -0.1) is 11.8 Å². The molecule has 1 aromatic rings. The summed E-state index contributed by atoms with van der Waals surface area (Å²) in [5, 5.41) is 3.99. The summed E-state index contributed by atoms with van der Waals surface area (Å²) in [7, 11) is 1.72. The number of nitrogens with one attached hydrogen (secondary N) is 1. The lowest BCUT2D eigenvalue weighted by molar-refractivity contribution is 0.199. The Hall–Kier alpha value is -0.550. The smallest absolute Gasteiger partial charge is 0.0589 e. The molecule has 0 aliphatic carbocycles. The van der Waals surface area contributed by atoms with Crippen molar-refractivity contribution in [3.8, 4) is 0 Å². The van der Waals surface area contributed by atoms with Gasteiger partial charge >= 0.3 is 0 Å². The fourth-order valence-electron chi connectivity index (χ4n) is 1.93. The van der Waals surface area contributed by atoms with Crippen LogP contribution in [0.4, 0.5) is 0 Å². The van der Waals surface area contributed by atoms with E-state index in [2.05, 4.69) is 29.6 Å². The van der Waals surface area contributed by atoms with Crippen molar-refractivity contribution in [3.05, 3.63) is 29.8 Å². The van der Waals surface area contributed by atoms with E-state index in [0.29, 0.717) is 5.25 Å². The number of benzene rings is 1. The molecule has 0 saturated carbocycles. The van der Waals surface area contributed by atoms with Gasteiger partial charge in [0.05, 0.1) is 13.2 Å². The summed E-state index contributed by atoms with van der Waals surface area (Å²) in [6.07, 6.45) is 1.17. The van der Waals surface area contributed by atoms with Gasteiger partial charge in [0.15, 0.2) is 0 Å². The van der Waals surface area contributed by atoms with Gasteiger partial charge in [0.2, 0.25) is 0 Å². The average Bonchev–Trinajstić information content (AvgIpc) is 2.88. The minimum absolute atomic E-state index is 0.627. The first-order chi connectivity index (χ1) is 8.88. The fraction of sp³-hybridized carbons (Fsp3) is 0.571. The van der Waals surface area contributed by atoms with E-state index in [1.54, 1.807) is 7.11 Å². The van der Waals surface area contributed by atoms with Gasteiger partial charge in [-0.05, 0) is 24.1 Å². The Morgan fingerprint density at radius 3 is 3.22 bits per heavy atom. The third-order valence-electron chi connectivity index (χ3n) is 2.90. The summed E-state index contributed by atoms with van der Waals surface area (Å²) in [5.41, 5.74) is 1.33. The average molecular weight is 267 g/mol. The molecule has 100 valence electrons. The Bertz CT molecular complexity index is 353. The summed E-state index contributed by atoms with van der Waals surface area (Å²) in [6, 6.07) is 8.74. The van der Waals surface area contributed by atoms with Crippen LogP contribution in [0.15, 0.2) is 29.2 Å². The van der Waals surface area contributed by atoms with Crippen molar-refractivity contribution in [1.82, 2.24) is 5.32 Å². The number of hydrogen-bond acceptors (Lipinski definition) is 4. The van der Waals surface area contributed by atoms with Gasteiger partial charge in [0, 0.05) is 37.0 Å². The highest BCUT2D eigenvalue weighted by molar-refractivity contribution is 8.00. The summed E-state index contributed by atoms with van der Waals surface area (Å²) in [4.78, 5) is 1.34. The van der Waals surface area contributed by atoms with Crippen LogP contribution in [-0.4, -0.2) is 38.7 Å². The van der Waals surface area contributed by atoms with Crippen molar-refractivity contribution in [2.45, 2.75) is 23.1 Å². The van der Waals surface area contributed by atoms with Crippen molar-refractivity contribution in [2.75, 3.05) is 33.5 Å². The molecule has 18 heavy (non-hydrogen) atoms. The van der Waals surface area contributed by atoms with E-state index in [0.717, 1.165) is 32.9 Å². The lowest BCUT2D eigenvalue weighted by atomic mass is 10.2. The topological polar surface area (TPSA) is 30.5 Å². The lowest BCUT2D eigenvalue weighted by Gasteiger charge is -2.09. The van der Waals surface area contributed by atoms with Crippen molar-refractivity contribution in [3.63, 3.8) is 0 Å². The molecule has 0 amide bonds. The van der Waals surface area contributed by atoms with Crippen LogP contribution in [-0.2, 0) is 16.0 Å². The molecule has 4 heteroatoms. The van der Waals surface area contributed by atoms with Gasteiger partial charge in [-0.2, -0.15) is 0 Å². The second kappa shape index (κ2) is 7.79. The van der Waals surface area contributed by atoms with Crippen LogP contribution < -0.4 is 5.32 Å². The monoisotopic (exact) mass is 267 g/mol. The van der Waals surface area contributed by atoms with E-state index < -0.39 is 0 Å². The lowest BCUT2D eigenvalue weighted by Crippen LogP contribution is -2.18. The van der Waals surface area contributed by atoms with E-state index in [1.807, 2.05) is 11.8 Å². The molecule has 3 nitrogen and oxygen atoms in total. The highest BCUT2D eigenvalue weighted by atomic mass is 32.2. The van der Waals surface area contributed by atoms with Crippen LogP contribution >= 0.6 is 11.8 Å². The molecule has 0 bridgehead atoms. The predicted molar refractivity (Wildman–Crippen MR) is 75.1 cm³/mol. The first-order valence-electron chi connectivity index (χ1n) is 6.41. The molecule has 1 fully saturated rings. The standard InChI is InChI=1S/C14H21NO2S/c1-16-8-6-15-10-12-3-2-4-13(9-12)18-14-5-7-17-11-14/h2-4,9,14-15H,5-8,10-11H2,1H3. The van der Waals surface area contributed by atoms with Crippen LogP contribution in [0.5, 0.6) is 0 Å². The summed E-state index contributed by atoms with van der Waals surface area (Å²) in [6.45, 7) is 4.36. The SMILES string of the molecule is COCCNCc1cccc(SC2CCOC2)c1. The van der Waals surface area contributed by atoms with E-state index >= 15 is 0 Å². The molecule has 0 spiro atoms. The van der Waals surface area contributed by atoms with Crippen molar-refractivity contribution < 1.29 is 9.47 Å². The van der Waals surface area contributed by atoms with Gasteiger partial charge in [-0.3, -0.25) is 0 Å². The largest absolute Gasteiger partial charge is 0.383 e. The van der Waals surface area contributed by atoms with E-state index in [-0.39, 0.29) is 0 Å². The second-order valence-electron chi connectivity index (χ2n) is 4.42. The van der Waals surface area contributed by atoms with Gasteiger partial charge in [0.25, 0.3) is 0 Å². The molecule has 1 heterocycles. The van der Waals surface area contributed by atoms with E-state index in [4.69, 9.17) is 9.47 Å². The number of thioether (sulfide) groups is 1. The predicted octanol–water partition coefficient (Wildman–Crippen LogP) is 2.30. The molecule has 1 aromatic carbocycles. The van der Waals surface area contributed by atoms with Crippen molar-refractivity contribution in [1.29, 1.82) is 0 Å². The van der Waals surface area contributed by atoms with Gasteiger partial charge < -0.3 is 14.8 Å². The van der Waals surface area contributed by atoms with Crippen LogP contribution in [0.1, 0.15) is 12.0 Å². The minimum Gasteiger partial charge on any atom is -0.383 e. The van der Waals surface area contributed by atoms with Crippen LogP contribution in [0.25, 0.3) is 0 Å². The van der Waals surface area contributed by atoms with Gasteiger partial charge in [-0.25, -0.2) is 0 Å². The van der Waals surface area contributed by atoms with Gasteiger partial charge in [0.1, 0.15) is 0 Å². The molecule has 1 aliphatic heterocycles. The first-order valence-corrected chi connectivity index (χ1v) is 7.29.